The van der Waals surface area contributed by atoms with Crippen molar-refractivity contribution in [1.82, 2.24) is 4.98 Å². The van der Waals surface area contributed by atoms with Gasteiger partial charge < -0.3 is 0 Å². The Bertz CT molecular complexity index is 875. The number of anilines is 1. The quantitative estimate of drug-likeness (QED) is 0.790. The molecule has 0 saturated heterocycles. The molecule has 22 heavy (non-hydrogen) atoms. The third-order valence-electron chi connectivity index (χ3n) is 2.92. The van der Waals surface area contributed by atoms with Crippen LogP contribution >= 0.6 is 11.3 Å². The fourth-order valence-electron chi connectivity index (χ4n) is 1.85. The van der Waals surface area contributed by atoms with Crippen LogP contribution in [0, 0.1) is 5.82 Å². The van der Waals surface area contributed by atoms with Gasteiger partial charge in [0.15, 0.2) is 5.13 Å². The summed E-state index contributed by atoms with van der Waals surface area (Å²) in [6.45, 7) is 0. The molecule has 2 aromatic carbocycles. The van der Waals surface area contributed by atoms with Gasteiger partial charge in [0.05, 0.1) is 10.6 Å². The molecule has 3 rings (SSSR count). The highest BCUT2D eigenvalue weighted by Gasteiger charge is 2.16. The number of hydrogen-bond acceptors (Lipinski definition) is 4. The van der Waals surface area contributed by atoms with E-state index in [2.05, 4.69) is 9.71 Å². The van der Waals surface area contributed by atoms with E-state index in [0.717, 1.165) is 17.7 Å². The van der Waals surface area contributed by atoms with Gasteiger partial charge in [-0.15, -0.1) is 11.3 Å². The highest BCUT2D eigenvalue weighted by Crippen LogP contribution is 2.26. The lowest BCUT2D eigenvalue weighted by Gasteiger charge is -2.04. The number of sulfonamides is 1. The molecule has 0 spiro atoms. The first kappa shape index (κ1) is 14.7. The van der Waals surface area contributed by atoms with Gasteiger partial charge in [-0.3, -0.25) is 4.72 Å². The standard InChI is InChI=1S/C15H11FN2O2S2/c16-12-6-8-13(9-7-12)22(19,20)18-15-17-14(10-21-15)11-4-2-1-3-5-11/h1-10H,(H,17,18). The summed E-state index contributed by atoms with van der Waals surface area (Å²) < 4.78 is 39.7. The van der Waals surface area contributed by atoms with Crippen LogP contribution in [0.3, 0.4) is 0 Å². The second-order valence-corrected chi connectivity index (χ2v) is 7.00. The van der Waals surface area contributed by atoms with Gasteiger partial charge in [0.25, 0.3) is 10.0 Å². The van der Waals surface area contributed by atoms with Crippen LogP contribution in [0.2, 0.25) is 0 Å². The van der Waals surface area contributed by atoms with Crippen LogP contribution in [0.15, 0.2) is 64.9 Å². The number of aromatic nitrogens is 1. The Morgan fingerprint density at radius 1 is 1.00 bits per heavy atom. The van der Waals surface area contributed by atoms with E-state index in [1.54, 1.807) is 5.38 Å². The summed E-state index contributed by atoms with van der Waals surface area (Å²) in [5, 5.41) is 2.04. The average Bonchev–Trinajstić information content (AvgIpc) is 2.96. The van der Waals surface area contributed by atoms with Crippen molar-refractivity contribution in [1.29, 1.82) is 0 Å². The van der Waals surface area contributed by atoms with Crippen LogP contribution < -0.4 is 4.72 Å². The fourth-order valence-corrected chi connectivity index (χ4v) is 3.82. The van der Waals surface area contributed by atoms with Crippen LogP contribution in [0.5, 0.6) is 0 Å². The number of nitrogens with one attached hydrogen (secondary N) is 1. The summed E-state index contributed by atoms with van der Waals surface area (Å²) in [7, 11) is -3.77. The number of thiazole rings is 1. The van der Waals surface area contributed by atoms with Gasteiger partial charge in [-0.1, -0.05) is 30.3 Å². The van der Waals surface area contributed by atoms with Gasteiger partial charge >= 0.3 is 0 Å². The van der Waals surface area contributed by atoms with Crippen LogP contribution in [-0.2, 0) is 10.0 Å². The highest BCUT2D eigenvalue weighted by atomic mass is 32.2. The molecule has 112 valence electrons. The zero-order chi connectivity index (χ0) is 15.6. The van der Waals surface area contributed by atoms with Crippen LogP contribution in [0.4, 0.5) is 9.52 Å². The van der Waals surface area contributed by atoms with E-state index in [9.17, 15) is 12.8 Å². The Kier molecular flexibility index (Phi) is 3.91. The molecular weight excluding hydrogens is 323 g/mol. The largest absolute Gasteiger partial charge is 0.263 e. The Morgan fingerprint density at radius 3 is 2.36 bits per heavy atom. The topological polar surface area (TPSA) is 59.1 Å². The van der Waals surface area contributed by atoms with Crippen molar-refractivity contribution in [3.63, 3.8) is 0 Å². The van der Waals surface area contributed by atoms with Crippen LogP contribution in [-0.4, -0.2) is 13.4 Å². The molecule has 1 aromatic heterocycles. The Labute approximate surface area is 131 Å². The van der Waals surface area contributed by atoms with E-state index >= 15 is 0 Å². The number of benzene rings is 2. The monoisotopic (exact) mass is 334 g/mol. The number of hydrogen-bond donors (Lipinski definition) is 1. The smallest absolute Gasteiger partial charge is 0.255 e. The van der Waals surface area contributed by atoms with Gasteiger partial charge in [0.1, 0.15) is 5.82 Å². The molecule has 0 radical (unpaired) electrons. The first-order valence-corrected chi connectivity index (χ1v) is 8.70. The van der Waals surface area contributed by atoms with E-state index in [-0.39, 0.29) is 10.0 Å². The Morgan fingerprint density at radius 2 is 1.68 bits per heavy atom. The normalized spacial score (nSPS) is 11.3. The van der Waals surface area contributed by atoms with Crippen molar-refractivity contribution in [3.05, 3.63) is 65.8 Å². The third kappa shape index (κ3) is 3.15. The van der Waals surface area contributed by atoms with Gasteiger partial charge in [-0.05, 0) is 24.3 Å². The summed E-state index contributed by atoms with van der Waals surface area (Å²) in [6.07, 6.45) is 0. The minimum atomic E-state index is -3.77. The third-order valence-corrected chi connectivity index (χ3v) is 5.16. The van der Waals surface area contributed by atoms with E-state index < -0.39 is 15.8 Å². The maximum absolute atomic E-state index is 12.9. The van der Waals surface area contributed by atoms with Gasteiger partial charge in [0, 0.05) is 10.9 Å². The fraction of sp³-hybridized carbons (Fsp3) is 0. The maximum Gasteiger partial charge on any atom is 0.263 e. The zero-order valence-corrected chi connectivity index (χ0v) is 12.9. The van der Waals surface area contributed by atoms with Crippen molar-refractivity contribution in [3.8, 4) is 11.3 Å². The van der Waals surface area contributed by atoms with Crippen molar-refractivity contribution in [2.45, 2.75) is 4.90 Å². The van der Waals surface area contributed by atoms with Gasteiger partial charge in [-0.25, -0.2) is 17.8 Å². The molecule has 0 saturated carbocycles. The molecule has 0 aliphatic carbocycles. The molecule has 3 aromatic rings. The molecule has 0 amide bonds. The first-order chi connectivity index (χ1) is 10.5. The molecule has 0 atom stereocenters. The summed E-state index contributed by atoms with van der Waals surface area (Å²) in [4.78, 5) is 4.25. The van der Waals surface area contributed by atoms with Gasteiger partial charge in [-0.2, -0.15) is 0 Å². The van der Waals surface area contributed by atoms with Crippen molar-refractivity contribution >= 4 is 26.5 Å². The molecule has 0 fully saturated rings. The van der Waals surface area contributed by atoms with Crippen LogP contribution in [0.25, 0.3) is 11.3 Å². The lowest BCUT2D eigenvalue weighted by atomic mass is 10.2. The van der Waals surface area contributed by atoms with Crippen LogP contribution in [0.1, 0.15) is 0 Å². The first-order valence-electron chi connectivity index (χ1n) is 6.34. The zero-order valence-electron chi connectivity index (χ0n) is 11.2. The van der Waals surface area contributed by atoms with Gasteiger partial charge in [0.2, 0.25) is 0 Å². The Hall–Kier alpha value is -2.25. The predicted molar refractivity (Wildman–Crippen MR) is 84.8 cm³/mol. The molecule has 1 heterocycles. The SMILES string of the molecule is O=S(=O)(Nc1nc(-c2ccccc2)cs1)c1ccc(F)cc1. The molecule has 0 bridgehead atoms. The highest BCUT2D eigenvalue weighted by molar-refractivity contribution is 7.93. The number of nitrogens with zero attached hydrogens (tertiary/aromatic N) is 1. The number of halogens is 1. The van der Waals surface area contributed by atoms with Crippen molar-refractivity contribution in [2.24, 2.45) is 0 Å². The van der Waals surface area contributed by atoms with E-state index in [1.165, 1.54) is 23.5 Å². The lowest BCUT2D eigenvalue weighted by Crippen LogP contribution is -2.12. The maximum atomic E-state index is 12.9. The van der Waals surface area contributed by atoms with E-state index in [4.69, 9.17) is 0 Å². The minimum Gasteiger partial charge on any atom is -0.255 e. The second-order valence-electron chi connectivity index (χ2n) is 4.46. The van der Waals surface area contributed by atoms with Crippen molar-refractivity contribution < 1.29 is 12.8 Å². The average molecular weight is 334 g/mol. The molecular formula is C15H11FN2O2S2. The molecule has 4 nitrogen and oxygen atoms in total. The van der Waals surface area contributed by atoms with E-state index in [1.807, 2.05) is 30.3 Å². The predicted octanol–water partition coefficient (Wildman–Crippen LogP) is 3.75. The summed E-state index contributed by atoms with van der Waals surface area (Å²) >= 11 is 1.19. The minimum absolute atomic E-state index is 0.00892. The number of rotatable bonds is 4. The molecule has 0 unspecified atom stereocenters. The summed E-state index contributed by atoms with van der Waals surface area (Å²) in [6, 6.07) is 14.1. The molecule has 0 aliphatic rings. The lowest BCUT2D eigenvalue weighted by molar-refractivity contribution is 0.599. The molecule has 1 N–H and O–H groups in total. The molecule has 0 aliphatic heterocycles. The van der Waals surface area contributed by atoms with Crippen molar-refractivity contribution in [2.75, 3.05) is 4.72 Å². The summed E-state index contributed by atoms with van der Waals surface area (Å²) in [5.41, 5.74) is 1.60. The molecule has 7 heteroatoms. The Balaban J connectivity index is 1.84. The second kappa shape index (κ2) is 5.86. The van der Waals surface area contributed by atoms with E-state index in [0.29, 0.717) is 5.69 Å². The summed E-state index contributed by atoms with van der Waals surface area (Å²) in [5.74, 6) is -0.487.